The van der Waals surface area contributed by atoms with Crippen LogP contribution in [0.25, 0.3) is 0 Å². The van der Waals surface area contributed by atoms with Crippen molar-refractivity contribution >= 4 is 15.7 Å². The first-order chi connectivity index (χ1) is 16.7. The Labute approximate surface area is 206 Å². The highest BCUT2D eigenvalue weighted by atomic mass is 32.2. The number of phenols is 1. The van der Waals surface area contributed by atoms with E-state index in [9.17, 15) is 18.6 Å². The van der Waals surface area contributed by atoms with Gasteiger partial charge in [0.15, 0.2) is 0 Å². The molecule has 0 saturated heterocycles. The molecule has 0 amide bonds. The van der Waals surface area contributed by atoms with Crippen molar-refractivity contribution in [1.82, 2.24) is 5.32 Å². The van der Waals surface area contributed by atoms with Crippen LogP contribution in [0.1, 0.15) is 22.7 Å². The minimum absolute atomic E-state index is 0.0509. The lowest BCUT2D eigenvalue weighted by molar-refractivity contribution is 0.167. The van der Waals surface area contributed by atoms with Gasteiger partial charge < -0.3 is 25.4 Å². The lowest BCUT2D eigenvalue weighted by Crippen LogP contribution is -2.32. The van der Waals surface area contributed by atoms with Crippen molar-refractivity contribution < 1.29 is 28.5 Å². The van der Waals surface area contributed by atoms with Gasteiger partial charge in [0, 0.05) is 12.6 Å². The van der Waals surface area contributed by atoms with Gasteiger partial charge in [-0.05, 0) is 53.8 Å². The van der Waals surface area contributed by atoms with Crippen molar-refractivity contribution in [3.05, 3.63) is 89.5 Å². The number of nitrogens with one attached hydrogen (secondary N) is 2. The number of anilines is 1. The second kappa shape index (κ2) is 12.6. The van der Waals surface area contributed by atoms with Gasteiger partial charge in [-0.1, -0.05) is 48.5 Å². The molecule has 35 heavy (non-hydrogen) atoms. The number of rotatable bonds is 13. The number of sulfonamides is 1. The van der Waals surface area contributed by atoms with E-state index in [-0.39, 0.29) is 37.1 Å². The molecular formula is C26H32N2O6S. The van der Waals surface area contributed by atoms with E-state index in [1.807, 2.05) is 42.5 Å². The third-order valence-electron chi connectivity index (χ3n) is 5.35. The molecule has 0 heterocycles. The predicted molar refractivity (Wildman–Crippen MR) is 136 cm³/mol. The number of hydrogen-bond acceptors (Lipinski definition) is 7. The molecule has 2 atom stereocenters. The molecule has 2 unspecified atom stereocenters. The van der Waals surface area contributed by atoms with Crippen molar-refractivity contribution in [2.45, 2.75) is 25.0 Å². The quantitative estimate of drug-likeness (QED) is 0.228. The zero-order chi connectivity index (χ0) is 25.3. The van der Waals surface area contributed by atoms with Crippen molar-refractivity contribution in [2.75, 3.05) is 30.7 Å². The lowest BCUT2D eigenvalue weighted by atomic mass is 9.98. The average molecular weight is 501 g/mol. The minimum Gasteiger partial charge on any atom is -0.506 e. The zero-order valence-electron chi connectivity index (χ0n) is 19.6. The Morgan fingerprint density at radius 2 is 1.66 bits per heavy atom. The molecule has 0 saturated carbocycles. The largest absolute Gasteiger partial charge is 0.506 e. The first-order valence-electron chi connectivity index (χ1n) is 11.3. The Balaban J connectivity index is 1.68. The van der Waals surface area contributed by atoms with Crippen molar-refractivity contribution in [3.8, 4) is 11.5 Å². The highest BCUT2D eigenvalue weighted by Crippen LogP contribution is 2.26. The van der Waals surface area contributed by atoms with Gasteiger partial charge in [0.2, 0.25) is 10.0 Å². The number of aliphatic hydroxyl groups excluding tert-OH is 2. The van der Waals surface area contributed by atoms with Crippen LogP contribution in [0.4, 0.5) is 5.69 Å². The van der Waals surface area contributed by atoms with Gasteiger partial charge in [-0.25, -0.2) is 8.42 Å². The molecule has 0 aliphatic heterocycles. The minimum atomic E-state index is -3.54. The molecule has 188 valence electrons. The molecule has 3 aromatic rings. The third kappa shape index (κ3) is 8.88. The average Bonchev–Trinajstić information content (AvgIpc) is 2.82. The number of aliphatic hydroxyl groups is 2. The summed E-state index contributed by atoms with van der Waals surface area (Å²) in [6, 6.07) is 22.2. The van der Waals surface area contributed by atoms with E-state index in [4.69, 9.17) is 9.84 Å². The van der Waals surface area contributed by atoms with Gasteiger partial charge in [0.05, 0.1) is 24.7 Å². The molecular weight excluding hydrogens is 468 g/mol. The van der Waals surface area contributed by atoms with Crippen LogP contribution in [0.15, 0.2) is 72.8 Å². The van der Waals surface area contributed by atoms with Gasteiger partial charge in [0.25, 0.3) is 0 Å². The van der Waals surface area contributed by atoms with Crippen LogP contribution in [0.2, 0.25) is 0 Å². The summed E-state index contributed by atoms with van der Waals surface area (Å²) >= 11 is 0. The summed E-state index contributed by atoms with van der Waals surface area (Å²) in [4.78, 5) is 0. The molecule has 9 heteroatoms. The first-order valence-corrected chi connectivity index (χ1v) is 13.2. The number of phenolic OH excluding ortho intramolecular Hbond substituents is 1. The van der Waals surface area contributed by atoms with E-state index >= 15 is 0 Å². The Bertz CT molecular complexity index is 1170. The highest BCUT2D eigenvalue weighted by Gasteiger charge is 2.16. The summed E-state index contributed by atoms with van der Waals surface area (Å²) in [7, 11) is -3.54. The van der Waals surface area contributed by atoms with Gasteiger partial charge >= 0.3 is 0 Å². The molecule has 0 fully saturated rings. The Kier molecular flexibility index (Phi) is 9.50. The second-order valence-electron chi connectivity index (χ2n) is 8.38. The van der Waals surface area contributed by atoms with Crippen LogP contribution in [0, 0.1) is 0 Å². The molecule has 8 nitrogen and oxygen atoms in total. The normalized spacial score (nSPS) is 13.2. The van der Waals surface area contributed by atoms with E-state index in [2.05, 4.69) is 22.2 Å². The molecule has 5 N–H and O–H groups in total. The number of benzene rings is 3. The smallest absolute Gasteiger partial charge is 0.229 e. The second-order valence-corrected chi connectivity index (χ2v) is 10.1. The maximum Gasteiger partial charge on any atom is 0.229 e. The molecule has 3 aromatic carbocycles. The van der Waals surface area contributed by atoms with Gasteiger partial charge in [-0.15, -0.1) is 0 Å². The summed E-state index contributed by atoms with van der Waals surface area (Å²) < 4.78 is 30.8. The van der Waals surface area contributed by atoms with Crippen LogP contribution < -0.4 is 14.8 Å². The lowest BCUT2D eigenvalue weighted by Gasteiger charge is -2.22. The van der Waals surface area contributed by atoms with Crippen LogP contribution in [-0.4, -0.2) is 55.9 Å². The van der Waals surface area contributed by atoms with Gasteiger partial charge in [-0.2, -0.15) is 0 Å². The third-order valence-corrected chi connectivity index (χ3v) is 5.94. The van der Waals surface area contributed by atoms with Gasteiger partial charge in [0.1, 0.15) is 18.1 Å². The summed E-state index contributed by atoms with van der Waals surface area (Å²) in [5, 5.41) is 33.0. The van der Waals surface area contributed by atoms with Crippen molar-refractivity contribution in [2.24, 2.45) is 0 Å². The molecule has 0 bridgehead atoms. The summed E-state index contributed by atoms with van der Waals surface area (Å²) in [6.45, 7) is 0.483. The molecule has 0 aliphatic rings. The molecule has 0 aromatic heterocycles. The van der Waals surface area contributed by atoms with Crippen LogP contribution >= 0.6 is 0 Å². The fourth-order valence-corrected chi connectivity index (χ4v) is 4.29. The van der Waals surface area contributed by atoms with Gasteiger partial charge in [-0.3, -0.25) is 4.72 Å². The summed E-state index contributed by atoms with van der Waals surface area (Å²) in [5.74, 6) is 0.494. The number of hydrogen-bond donors (Lipinski definition) is 5. The number of aromatic hydroxyl groups is 1. The Morgan fingerprint density at radius 3 is 2.31 bits per heavy atom. The zero-order valence-corrected chi connectivity index (χ0v) is 20.4. The summed E-state index contributed by atoms with van der Waals surface area (Å²) in [5.41, 5.74) is 2.95. The molecule has 0 radical (unpaired) electrons. The fourth-order valence-electron chi connectivity index (χ4n) is 3.73. The predicted octanol–water partition coefficient (Wildman–Crippen LogP) is 2.61. The molecule has 0 spiro atoms. The van der Waals surface area contributed by atoms with Crippen molar-refractivity contribution in [3.63, 3.8) is 0 Å². The standard InChI is InChI=1S/C26H32N2O6S/c1-35(32,33)28-25-17-20(7-12-26(25)31)15-22(30)18-27-24(16-19-5-3-2-4-6-19)21-8-10-23(11-9-21)34-14-13-29/h2-12,17,22,24,27-31H,13-16,18H2,1H3. The Hall–Kier alpha value is -3.11. The first kappa shape index (κ1) is 26.5. The van der Waals surface area contributed by atoms with E-state index < -0.39 is 16.1 Å². The maximum atomic E-state index is 11.5. The van der Waals surface area contributed by atoms with Crippen molar-refractivity contribution in [1.29, 1.82) is 0 Å². The highest BCUT2D eigenvalue weighted by molar-refractivity contribution is 7.92. The van der Waals surface area contributed by atoms with E-state index in [0.29, 0.717) is 24.3 Å². The van der Waals surface area contributed by atoms with E-state index in [0.717, 1.165) is 17.4 Å². The van der Waals surface area contributed by atoms with E-state index in [1.165, 1.54) is 12.1 Å². The molecule has 0 aliphatic carbocycles. The summed E-state index contributed by atoms with van der Waals surface area (Å²) in [6.07, 6.45) is 1.26. The topological polar surface area (TPSA) is 128 Å². The van der Waals surface area contributed by atoms with Crippen LogP contribution in [0.5, 0.6) is 11.5 Å². The maximum absolute atomic E-state index is 11.5. The number of ether oxygens (including phenoxy) is 1. The molecule has 3 rings (SSSR count). The van der Waals surface area contributed by atoms with Crippen LogP contribution in [0.3, 0.4) is 0 Å². The van der Waals surface area contributed by atoms with Crippen LogP contribution in [-0.2, 0) is 22.9 Å². The monoisotopic (exact) mass is 500 g/mol. The Morgan fingerprint density at radius 1 is 0.943 bits per heavy atom. The fraction of sp³-hybridized carbons (Fsp3) is 0.308. The van der Waals surface area contributed by atoms with E-state index in [1.54, 1.807) is 6.07 Å². The SMILES string of the molecule is CS(=O)(=O)Nc1cc(CC(O)CNC(Cc2ccccc2)c2ccc(OCCO)cc2)ccc1O.